The van der Waals surface area contributed by atoms with Crippen LogP contribution in [0.5, 0.6) is 0 Å². The Labute approximate surface area is 175 Å². The van der Waals surface area contributed by atoms with Gasteiger partial charge in [-0.2, -0.15) is 0 Å². The zero-order chi connectivity index (χ0) is 21.3. The highest BCUT2D eigenvalue weighted by Gasteiger charge is 2.31. The number of rotatable bonds is 3. The summed E-state index contributed by atoms with van der Waals surface area (Å²) in [5.41, 5.74) is 2.74. The molecule has 0 unspecified atom stereocenters. The first-order chi connectivity index (χ1) is 14.3. The van der Waals surface area contributed by atoms with E-state index in [9.17, 15) is 9.18 Å². The van der Waals surface area contributed by atoms with Crippen molar-refractivity contribution in [2.75, 3.05) is 11.9 Å². The summed E-state index contributed by atoms with van der Waals surface area (Å²) in [5, 5.41) is 3.24. The van der Waals surface area contributed by atoms with E-state index in [2.05, 4.69) is 10.3 Å². The monoisotopic (exact) mass is 405 g/mol. The lowest BCUT2D eigenvalue weighted by Crippen LogP contribution is -2.42. The number of hydrogen-bond donors (Lipinski definition) is 1. The smallest absolute Gasteiger partial charge is 0.228 e. The molecule has 3 aromatic rings. The van der Waals surface area contributed by atoms with Crippen LogP contribution >= 0.6 is 0 Å². The van der Waals surface area contributed by atoms with Crippen LogP contribution in [0.4, 0.5) is 15.9 Å². The normalized spacial score (nSPS) is 13.7. The SMILES string of the molecule is CC(C)(C)C(=O)N1CCc2nc(-c3ccncc3)nc(Nc3cccc(F)c3)c2C1. The van der Waals surface area contributed by atoms with E-state index in [4.69, 9.17) is 9.97 Å². The van der Waals surface area contributed by atoms with Crippen molar-refractivity contribution < 1.29 is 9.18 Å². The Kier molecular flexibility index (Phi) is 5.20. The Bertz CT molecular complexity index is 1080. The number of carbonyl (C=O) groups is 1. The van der Waals surface area contributed by atoms with Gasteiger partial charge in [-0.1, -0.05) is 26.8 Å². The Morgan fingerprint density at radius 3 is 2.60 bits per heavy atom. The molecule has 7 heteroatoms. The van der Waals surface area contributed by atoms with Crippen LogP contribution in [0.15, 0.2) is 48.8 Å². The first-order valence-corrected chi connectivity index (χ1v) is 9.93. The van der Waals surface area contributed by atoms with E-state index in [0.717, 1.165) is 16.8 Å². The van der Waals surface area contributed by atoms with Gasteiger partial charge in [-0.15, -0.1) is 0 Å². The number of fused-ring (bicyclic) bond motifs is 1. The summed E-state index contributed by atoms with van der Waals surface area (Å²) in [6.07, 6.45) is 4.03. The molecule has 6 nitrogen and oxygen atoms in total. The van der Waals surface area contributed by atoms with Crippen molar-refractivity contribution in [3.8, 4) is 11.4 Å². The molecule has 0 fully saturated rings. The molecule has 4 rings (SSSR count). The molecule has 2 aromatic heterocycles. The van der Waals surface area contributed by atoms with Gasteiger partial charge in [0.25, 0.3) is 0 Å². The van der Waals surface area contributed by atoms with Crippen molar-refractivity contribution in [2.24, 2.45) is 5.41 Å². The predicted molar refractivity (Wildman–Crippen MR) is 114 cm³/mol. The predicted octanol–water partition coefficient (Wildman–Crippen LogP) is 4.35. The third-order valence-electron chi connectivity index (χ3n) is 5.01. The maximum Gasteiger partial charge on any atom is 0.228 e. The van der Waals surface area contributed by atoms with Crippen molar-refractivity contribution in [1.29, 1.82) is 0 Å². The first-order valence-electron chi connectivity index (χ1n) is 9.93. The molecule has 154 valence electrons. The summed E-state index contributed by atoms with van der Waals surface area (Å²) < 4.78 is 13.7. The third-order valence-corrected chi connectivity index (χ3v) is 5.01. The summed E-state index contributed by atoms with van der Waals surface area (Å²) in [5.74, 6) is 0.916. The largest absolute Gasteiger partial charge is 0.340 e. The minimum Gasteiger partial charge on any atom is -0.340 e. The van der Waals surface area contributed by atoms with Crippen LogP contribution in [0.1, 0.15) is 32.0 Å². The van der Waals surface area contributed by atoms with Gasteiger partial charge in [0, 0.05) is 47.6 Å². The lowest BCUT2D eigenvalue weighted by molar-refractivity contribution is -0.140. The number of anilines is 2. The quantitative estimate of drug-likeness (QED) is 0.701. The number of benzene rings is 1. The van der Waals surface area contributed by atoms with Gasteiger partial charge in [0.15, 0.2) is 5.82 Å². The molecule has 30 heavy (non-hydrogen) atoms. The van der Waals surface area contributed by atoms with Crippen LogP contribution in [-0.2, 0) is 17.8 Å². The van der Waals surface area contributed by atoms with Crippen LogP contribution in [0, 0.1) is 11.2 Å². The van der Waals surface area contributed by atoms with Crippen LogP contribution in [0.3, 0.4) is 0 Å². The number of aromatic nitrogens is 3. The standard InChI is InChI=1S/C23H24FN5O/c1-23(2,3)22(30)29-12-9-19-18(14-29)21(26-17-6-4-5-16(24)13-17)28-20(27-19)15-7-10-25-11-8-15/h4-8,10-11,13H,9,12,14H2,1-3H3,(H,26,27,28). The second-order valence-corrected chi connectivity index (χ2v) is 8.42. The molecular weight excluding hydrogens is 381 g/mol. The van der Waals surface area contributed by atoms with Crippen LogP contribution in [0.2, 0.25) is 0 Å². The molecule has 0 bridgehead atoms. The zero-order valence-corrected chi connectivity index (χ0v) is 17.3. The van der Waals surface area contributed by atoms with Gasteiger partial charge in [-0.25, -0.2) is 14.4 Å². The number of nitrogens with zero attached hydrogens (tertiary/aromatic N) is 4. The number of pyridine rings is 1. The van der Waals surface area contributed by atoms with Gasteiger partial charge in [0.2, 0.25) is 5.91 Å². The molecule has 1 amide bonds. The molecule has 0 aliphatic carbocycles. The molecule has 0 radical (unpaired) electrons. The molecule has 0 atom stereocenters. The average Bonchev–Trinajstić information content (AvgIpc) is 2.73. The number of halogens is 1. The number of amides is 1. The molecule has 1 N–H and O–H groups in total. The molecule has 3 heterocycles. The topological polar surface area (TPSA) is 71.0 Å². The summed E-state index contributed by atoms with van der Waals surface area (Å²) in [4.78, 5) is 28.2. The van der Waals surface area contributed by atoms with Crippen molar-refractivity contribution >= 4 is 17.4 Å². The molecule has 1 aliphatic heterocycles. The molecule has 0 saturated carbocycles. The van der Waals surface area contributed by atoms with Crippen molar-refractivity contribution in [3.63, 3.8) is 0 Å². The summed E-state index contributed by atoms with van der Waals surface area (Å²) >= 11 is 0. The van der Waals surface area contributed by atoms with E-state index in [0.29, 0.717) is 36.8 Å². The highest BCUT2D eigenvalue weighted by Crippen LogP contribution is 2.31. The fraction of sp³-hybridized carbons (Fsp3) is 0.304. The number of hydrogen-bond acceptors (Lipinski definition) is 5. The van der Waals surface area contributed by atoms with Crippen LogP contribution in [-0.4, -0.2) is 32.3 Å². The Hall–Kier alpha value is -3.35. The number of carbonyl (C=O) groups excluding carboxylic acids is 1. The van der Waals surface area contributed by atoms with Gasteiger partial charge in [0.1, 0.15) is 11.6 Å². The van der Waals surface area contributed by atoms with E-state index in [1.807, 2.05) is 37.8 Å². The zero-order valence-electron chi connectivity index (χ0n) is 17.3. The Balaban J connectivity index is 1.76. The third kappa shape index (κ3) is 4.15. The van der Waals surface area contributed by atoms with E-state index < -0.39 is 5.41 Å². The lowest BCUT2D eigenvalue weighted by Gasteiger charge is -2.34. The van der Waals surface area contributed by atoms with Crippen molar-refractivity contribution in [2.45, 2.75) is 33.7 Å². The van der Waals surface area contributed by atoms with Crippen molar-refractivity contribution in [3.05, 3.63) is 65.9 Å². The van der Waals surface area contributed by atoms with E-state index in [1.165, 1.54) is 12.1 Å². The highest BCUT2D eigenvalue weighted by molar-refractivity contribution is 5.82. The van der Waals surface area contributed by atoms with E-state index >= 15 is 0 Å². The second kappa shape index (κ2) is 7.82. The molecule has 1 aromatic carbocycles. The molecule has 0 spiro atoms. The highest BCUT2D eigenvalue weighted by atomic mass is 19.1. The Morgan fingerprint density at radius 2 is 1.90 bits per heavy atom. The second-order valence-electron chi connectivity index (χ2n) is 8.42. The van der Waals surface area contributed by atoms with E-state index in [-0.39, 0.29) is 11.7 Å². The minimum absolute atomic E-state index is 0.0862. The lowest BCUT2D eigenvalue weighted by atomic mass is 9.93. The minimum atomic E-state index is -0.467. The Morgan fingerprint density at radius 1 is 1.13 bits per heavy atom. The molecular formula is C23H24FN5O. The van der Waals surface area contributed by atoms with Gasteiger partial charge in [-0.05, 0) is 30.3 Å². The van der Waals surface area contributed by atoms with Gasteiger partial charge >= 0.3 is 0 Å². The molecule has 1 aliphatic rings. The summed E-state index contributed by atoms with van der Waals surface area (Å²) in [6.45, 7) is 6.77. The van der Waals surface area contributed by atoms with E-state index in [1.54, 1.807) is 24.5 Å². The van der Waals surface area contributed by atoms with Gasteiger partial charge in [-0.3, -0.25) is 9.78 Å². The maximum atomic E-state index is 13.7. The average molecular weight is 405 g/mol. The maximum absolute atomic E-state index is 13.7. The number of nitrogens with one attached hydrogen (secondary N) is 1. The van der Waals surface area contributed by atoms with Crippen LogP contribution in [0.25, 0.3) is 11.4 Å². The first kappa shape index (κ1) is 19.9. The summed E-state index contributed by atoms with van der Waals surface area (Å²) in [7, 11) is 0. The summed E-state index contributed by atoms with van der Waals surface area (Å²) in [6, 6.07) is 9.95. The van der Waals surface area contributed by atoms with Crippen molar-refractivity contribution in [1.82, 2.24) is 19.9 Å². The van der Waals surface area contributed by atoms with Gasteiger partial charge < -0.3 is 10.2 Å². The van der Waals surface area contributed by atoms with Gasteiger partial charge in [0.05, 0.1) is 12.2 Å². The fourth-order valence-electron chi connectivity index (χ4n) is 3.50. The van der Waals surface area contributed by atoms with Crippen LogP contribution < -0.4 is 5.32 Å². The fourth-order valence-corrected chi connectivity index (χ4v) is 3.50. The molecule has 0 saturated heterocycles.